The van der Waals surface area contributed by atoms with Crippen LogP contribution in [0.25, 0.3) is 10.9 Å². The summed E-state index contributed by atoms with van der Waals surface area (Å²) in [6.45, 7) is 8.90. The third kappa shape index (κ3) is 2.92. The van der Waals surface area contributed by atoms with Crippen molar-refractivity contribution in [3.63, 3.8) is 0 Å². The summed E-state index contributed by atoms with van der Waals surface area (Å²) in [5.74, 6) is 0.260. The van der Waals surface area contributed by atoms with Crippen molar-refractivity contribution in [2.24, 2.45) is 0 Å². The third-order valence-electron chi connectivity index (χ3n) is 6.34. The van der Waals surface area contributed by atoms with E-state index in [0.29, 0.717) is 6.54 Å². The highest BCUT2D eigenvalue weighted by molar-refractivity contribution is 6.62. The van der Waals surface area contributed by atoms with Gasteiger partial charge in [0.25, 0.3) is 0 Å². The van der Waals surface area contributed by atoms with Crippen LogP contribution in [0.2, 0.25) is 0 Å². The van der Waals surface area contributed by atoms with Crippen molar-refractivity contribution in [3.05, 3.63) is 59.3 Å². The lowest BCUT2D eigenvalue weighted by atomic mass is 9.78. The van der Waals surface area contributed by atoms with Gasteiger partial charge in [-0.25, -0.2) is 15.3 Å². The van der Waals surface area contributed by atoms with Crippen LogP contribution < -0.4 is 16.5 Å². The predicted octanol–water partition coefficient (Wildman–Crippen LogP) is 2.72. The molecule has 1 aromatic heterocycles. The lowest BCUT2D eigenvalue weighted by Crippen LogP contribution is -2.41. The lowest BCUT2D eigenvalue weighted by molar-refractivity contribution is 0.00578. The Morgan fingerprint density at radius 2 is 1.72 bits per heavy atom. The van der Waals surface area contributed by atoms with Crippen LogP contribution in [0.4, 0.5) is 5.95 Å². The summed E-state index contributed by atoms with van der Waals surface area (Å²) in [5, 5.41) is 5.76. The van der Waals surface area contributed by atoms with Crippen LogP contribution in [0.3, 0.4) is 0 Å². The van der Waals surface area contributed by atoms with E-state index in [2.05, 4.69) is 55.9 Å². The monoisotopic (exact) mass is 387 g/mol. The Morgan fingerprint density at radius 1 is 1.00 bits per heavy atom. The third-order valence-corrected chi connectivity index (χ3v) is 6.34. The normalized spacial score (nSPS) is 22.2. The largest absolute Gasteiger partial charge is 0.494 e. The molecule has 7 heteroatoms. The molecule has 5 rings (SSSR count). The fourth-order valence-electron chi connectivity index (χ4n) is 3.99. The van der Waals surface area contributed by atoms with Crippen LogP contribution in [0.1, 0.15) is 50.6 Å². The molecule has 29 heavy (non-hydrogen) atoms. The molecule has 6 nitrogen and oxygen atoms in total. The van der Waals surface area contributed by atoms with Crippen LogP contribution in [0.5, 0.6) is 0 Å². The smallest absolute Gasteiger partial charge is 0.399 e. The molecule has 3 heterocycles. The maximum absolute atomic E-state index is 6.23. The van der Waals surface area contributed by atoms with Gasteiger partial charge in [-0.3, -0.25) is 0 Å². The molecule has 1 atom stereocenters. The second kappa shape index (κ2) is 6.26. The number of aromatic nitrogens is 2. The van der Waals surface area contributed by atoms with Gasteiger partial charge in [-0.1, -0.05) is 36.4 Å². The predicted molar refractivity (Wildman–Crippen MR) is 114 cm³/mol. The topological polar surface area (TPSA) is 84.4 Å². The molecule has 2 aliphatic rings. The molecule has 147 valence electrons. The van der Waals surface area contributed by atoms with Crippen LogP contribution in [-0.2, 0) is 15.9 Å². The van der Waals surface area contributed by atoms with Gasteiger partial charge in [0.2, 0.25) is 5.95 Å². The first-order valence-corrected chi connectivity index (χ1v) is 9.92. The summed E-state index contributed by atoms with van der Waals surface area (Å²) < 4.78 is 12.5. The van der Waals surface area contributed by atoms with Crippen molar-refractivity contribution in [2.75, 3.05) is 5.73 Å². The van der Waals surface area contributed by atoms with Crippen LogP contribution in [-0.4, -0.2) is 28.3 Å². The molecule has 2 aliphatic heterocycles. The number of rotatable bonds is 2. The summed E-state index contributed by atoms with van der Waals surface area (Å²) in [6.07, 6.45) is 0. The number of anilines is 1. The highest BCUT2D eigenvalue weighted by atomic mass is 16.7. The minimum absolute atomic E-state index is 0.146. The maximum Gasteiger partial charge on any atom is 0.494 e. The number of nitrogens with two attached hydrogens (primary N) is 1. The first-order chi connectivity index (χ1) is 13.7. The highest BCUT2D eigenvalue weighted by Crippen LogP contribution is 2.37. The molecule has 1 saturated heterocycles. The number of hydrogen-bond acceptors (Lipinski definition) is 5. The second-order valence-corrected chi connectivity index (χ2v) is 8.77. The molecule has 0 aliphatic carbocycles. The zero-order valence-electron chi connectivity index (χ0n) is 17.1. The second-order valence-electron chi connectivity index (χ2n) is 8.77. The Balaban J connectivity index is 1.62. The van der Waals surface area contributed by atoms with Crippen LogP contribution in [0.15, 0.2) is 42.5 Å². The minimum atomic E-state index is -0.442. The molecule has 2 aromatic carbocycles. The van der Waals surface area contributed by atoms with Gasteiger partial charge in [0.15, 0.2) is 0 Å². The molecule has 1 fully saturated rings. The Bertz CT molecular complexity index is 1100. The minimum Gasteiger partial charge on any atom is -0.399 e. The quantitative estimate of drug-likeness (QED) is 0.684. The Labute approximate surface area is 171 Å². The Kier molecular flexibility index (Phi) is 4.00. The first-order valence-electron chi connectivity index (χ1n) is 9.92. The number of benzene rings is 2. The molecule has 3 aromatic rings. The van der Waals surface area contributed by atoms with Crippen LogP contribution in [0, 0.1) is 0 Å². The van der Waals surface area contributed by atoms with Gasteiger partial charge in [0.1, 0.15) is 0 Å². The van der Waals surface area contributed by atoms with Crippen molar-refractivity contribution >= 4 is 29.4 Å². The fraction of sp³-hybridized carbons (Fsp3) is 0.364. The number of nitrogens with zero attached hydrogens (tertiary/aromatic N) is 3. The van der Waals surface area contributed by atoms with E-state index in [1.165, 1.54) is 11.1 Å². The molecule has 0 bridgehead atoms. The summed E-state index contributed by atoms with van der Waals surface area (Å²) >= 11 is 0. The summed E-state index contributed by atoms with van der Waals surface area (Å²) in [4.78, 5) is 9.03. The van der Waals surface area contributed by atoms with Gasteiger partial charge in [-0.05, 0) is 50.4 Å². The van der Waals surface area contributed by atoms with Gasteiger partial charge in [-0.2, -0.15) is 0 Å². The van der Waals surface area contributed by atoms with E-state index in [1.807, 2.05) is 24.3 Å². The molecular formula is C22H24BN4O2. The van der Waals surface area contributed by atoms with E-state index in [0.717, 1.165) is 22.1 Å². The maximum atomic E-state index is 6.23. The van der Waals surface area contributed by atoms with Crippen molar-refractivity contribution in [2.45, 2.75) is 51.5 Å². The van der Waals surface area contributed by atoms with E-state index in [4.69, 9.17) is 20.4 Å². The first kappa shape index (κ1) is 18.5. The van der Waals surface area contributed by atoms with Gasteiger partial charge >= 0.3 is 7.12 Å². The summed E-state index contributed by atoms with van der Waals surface area (Å²) in [5.41, 5.74) is 10.2. The molecular weight excluding hydrogens is 363 g/mol. The summed E-state index contributed by atoms with van der Waals surface area (Å²) in [6, 6.07) is 14.2. The molecule has 0 amide bonds. The Morgan fingerprint density at radius 3 is 2.48 bits per heavy atom. The van der Waals surface area contributed by atoms with Gasteiger partial charge < -0.3 is 15.0 Å². The standard InChI is InChI=1S/C22H24BN4O2/c1-21(2)22(3,4)29-23(28-21)14-9-10-17-16(11-14)19(27-20(24)26-17)18-15-8-6-5-7-13(15)12-25-18/h5-11,18H,12H2,1-4H3,(H2,24,26,27). The van der Waals surface area contributed by atoms with E-state index >= 15 is 0 Å². The van der Waals surface area contributed by atoms with Gasteiger partial charge in [0.05, 0.1) is 28.5 Å². The van der Waals surface area contributed by atoms with Crippen molar-refractivity contribution in [1.82, 2.24) is 15.3 Å². The average Bonchev–Trinajstić information content (AvgIpc) is 3.18. The zero-order valence-corrected chi connectivity index (χ0v) is 17.1. The van der Waals surface area contributed by atoms with Crippen molar-refractivity contribution < 1.29 is 9.31 Å². The van der Waals surface area contributed by atoms with Gasteiger partial charge in [-0.15, -0.1) is 0 Å². The van der Waals surface area contributed by atoms with E-state index in [-0.39, 0.29) is 12.0 Å². The summed E-state index contributed by atoms with van der Waals surface area (Å²) in [7, 11) is -0.442. The van der Waals surface area contributed by atoms with E-state index in [9.17, 15) is 0 Å². The number of hydrogen-bond donors (Lipinski definition) is 1. The van der Waals surface area contributed by atoms with Crippen LogP contribution >= 0.6 is 0 Å². The molecule has 1 unspecified atom stereocenters. The number of fused-ring (bicyclic) bond motifs is 2. The molecule has 0 spiro atoms. The van der Waals surface area contributed by atoms with Crippen molar-refractivity contribution in [1.29, 1.82) is 0 Å². The Hall–Kier alpha value is -2.48. The fourth-order valence-corrected chi connectivity index (χ4v) is 3.99. The molecule has 0 saturated carbocycles. The number of nitrogen functional groups attached to an aromatic ring is 1. The lowest BCUT2D eigenvalue weighted by Gasteiger charge is -2.32. The van der Waals surface area contributed by atoms with Crippen molar-refractivity contribution in [3.8, 4) is 0 Å². The highest BCUT2D eigenvalue weighted by Gasteiger charge is 2.51. The SMILES string of the molecule is CC1(C)OB(c2ccc3nc(N)nc(C4[N]Cc5ccccc54)c3c2)OC1(C)C. The zero-order chi connectivity index (χ0) is 20.4. The van der Waals surface area contributed by atoms with E-state index in [1.54, 1.807) is 0 Å². The van der Waals surface area contributed by atoms with Gasteiger partial charge in [0, 0.05) is 11.9 Å². The molecule has 2 N–H and O–H groups in total. The molecule has 1 radical (unpaired) electrons. The average molecular weight is 387 g/mol. The van der Waals surface area contributed by atoms with E-state index < -0.39 is 18.3 Å².